The maximum absolute atomic E-state index is 10.8. The summed E-state index contributed by atoms with van der Waals surface area (Å²) in [6.45, 7) is 0. The van der Waals surface area contributed by atoms with E-state index in [1.54, 1.807) is 13.2 Å². The van der Waals surface area contributed by atoms with Crippen LogP contribution in [0, 0.1) is 0 Å². The van der Waals surface area contributed by atoms with Gasteiger partial charge in [-0.15, -0.1) is 0 Å². The predicted molar refractivity (Wildman–Crippen MR) is 74.1 cm³/mol. The SMILES string of the molecule is COc1ccc(Nc2ccccc2CC(=O)O)cc1. The van der Waals surface area contributed by atoms with Crippen molar-refractivity contribution in [2.45, 2.75) is 6.42 Å². The second kappa shape index (κ2) is 5.91. The van der Waals surface area contributed by atoms with Gasteiger partial charge in [0.25, 0.3) is 0 Å². The molecular formula is C15H15NO3. The van der Waals surface area contributed by atoms with Crippen LogP contribution < -0.4 is 10.1 Å². The number of benzene rings is 2. The molecule has 0 saturated heterocycles. The molecule has 0 saturated carbocycles. The number of methoxy groups -OCH3 is 1. The Bertz CT molecular complexity index is 564. The zero-order valence-electron chi connectivity index (χ0n) is 10.6. The van der Waals surface area contributed by atoms with E-state index in [0.29, 0.717) is 0 Å². The third kappa shape index (κ3) is 3.48. The van der Waals surface area contributed by atoms with E-state index >= 15 is 0 Å². The van der Waals surface area contributed by atoms with Crippen LogP contribution >= 0.6 is 0 Å². The van der Waals surface area contributed by atoms with Crippen molar-refractivity contribution in [1.29, 1.82) is 0 Å². The molecule has 0 atom stereocenters. The Morgan fingerprint density at radius 2 is 1.84 bits per heavy atom. The smallest absolute Gasteiger partial charge is 0.307 e. The zero-order valence-corrected chi connectivity index (χ0v) is 10.6. The normalized spacial score (nSPS) is 9.95. The fourth-order valence-electron chi connectivity index (χ4n) is 1.79. The minimum Gasteiger partial charge on any atom is -0.497 e. The highest BCUT2D eigenvalue weighted by Gasteiger charge is 2.06. The largest absolute Gasteiger partial charge is 0.497 e. The van der Waals surface area contributed by atoms with E-state index in [9.17, 15) is 4.79 Å². The molecule has 0 radical (unpaired) electrons. The number of para-hydroxylation sites is 1. The van der Waals surface area contributed by atoms with Gasteiger partial charge in [0.05, 0.1) is 13.5 Å². The van der Waals surface area contributed by atoms with Crippen LogP contribution in [0.25, 0.3) is 0 Å². The quantitative estimate of drug-likeness (QED) is 0.864. The Labute approximate surface area is 111 Å². The van der Waals surface area contributed by atoms with Crippen molar-refractivity contribution in [2.75, 3.05) is 12.4 Å². The summed E-state index contributed by atoms with van der Waals surface area (Å²) in [5, 5.41) is 12.1. The van der Waals surface area contributed by atoms with E-state index in [4.69, 9.17) is 9.84 Å². The topological polar surface area (TPSA) is 58.6 Å². The van der Waals surface area contributed by atoms with E-state index in [1.165, 1.54) is 0 Å². The predicted octanol–water partition coefficient (Wildman–Crippen LogP) is 3.07. The van der Waals surface area contributed by atoms with E-state index in [-0.39, 0.29) is 6.42 Å². The van der Waals surface area contributed by atoms with Gasteiger partial charge in [-0.25, -0.2) is 0 Å². The van der Waals surface area contributed by atoms with Gasteiger partial charge in [0.1, 0.15) is 5.75 Å². The number of rotatable bonds is 5. The first-order valence-electron chi connectivity index (χ1n) is 5.90. The third-order valence-electron chi connectivity index (χ3n) is 2.73. The first kappa shape index (κ1) is 13.0. The van der Waals surface area contributed by atoms with Crippen molar-refractivity contribution < 1.29 is 14.6 Å². The van der Waals surface area contributed by atoms with Crippen molar-refractivity contribution in [2.24, 2.45) is 0 Å². The summed E-state index contributed by atoms with van der Waals surface area (Å²) in [7, 11) is 1.62. The van der Waals surface area contributed by atoms with Crippen LogP contribution in [0.15, 0.2) is 48.5 Å². The first-order chi connectivity index (χ1) is 9.19. The Kier molecular flexibility index (Phi) is 4.03. The second-order valence-corrected chi connectivity index (χ2v) is 4.08. The van der Waals surface area contributed by atoms with Crippen molar-refractivity contribution in [3.63, 3.8) is 0 Å². The number of carboxylic acid groups (broad SMARTS) is 1. The van der Waals surface area contributed by atoms with Crippen LogP contribution in [0.3, 0.4) is 0 Å². The fraction of sp³-hybridized carbons (Fsp3) is 0.133. The summed E-state index contributed by atoms with van der Waals surface area (Å²) < 4.78 is 5.09. The Morgan fingerprint density at radius 3 is 2.47 bits per heavy atom. The molecule has 2 aromatic rings. The molecule has 4 heteroatoms. The van der Waals surface area contributed by atoms with Crippen LogP contribution in [0.2, 0.25) is 0 Å². The minimum atomic E-state index is -0.844. The lowest BCUT2D eigenvalue weighted by atomic mass is 10.1. The highest BCUT2D eigenvalue weighted by atomic mass is 16.5. The molecule has 0 aliphatic rings. The number of carboxylic acids is 1. The molecule has 98 valence electrons. The maximum Gasteiger partial charge on any atom is 0.307 e. The van der Waals surface area contributed by atoms with Crippen molar-refractivity contribution in [3.05, 3.63) is 54.1 Å². The van der Waals surface area contributed by atoms with Crippen molar-refractivity contribution in [3.8, 4) is 5.75 Å². The van der Waals surface area contributed by atoms with Crippen molar-refractivity contribution in [1.82, 2.24) is 0 Å². The van der Waals surface area contributed by atoms with Gasteiger partial charge in [-0.2, -0.15) is 0 Å². The molecule has 0 unspecified atom stereocenters. The molecule has 0 bridgehead atoms. The second-order valence-electron chi connectivity index (χ2n) is 4.08. The molecule has 0 amide bonds. The number of hydrogen-bond donors (Lipinski definition) is 2. The molecule has 2 rings (SSSR count). The van der Waals surface area contributed by atoms with Crippen LogP contribution in [0.4, 0.5) is 11.4 Å². The van der Waals surface area contributed by atoms with Gasteiger partial charge in [0.2, 0.25) is 0 Å². The molecule has 19 heavy (non-hydrogen) atoms. The lowest BCUT2D eigenvalue weighted by Crippen LogP contribution is -2.03. The monoisotopic (exact) mass is 257 g/mol. The summed E-state index contributed by atoms with van der Waals surface area (Å²) in [5.74, 6) is -0.0617. The van der Waals surface area contributed by atoms with Crippen LogP contribution in [-0.4, -0.2) is 18.2 Å². The van der Waals surface area contributed by atoms with Crippen molar-refractivity contribution >= 4 is 17.3 Å². The average Bonchev–Trinajstić information content (AvgIpc) is 2.41. The first-order valence-corrected chi connectivity index (χ1v) is 5.90. The average molecular weight is 257 g/mol. The molecule has 2 aromatic carbocycles. The van der Waals surface area contributed by atoms with Gasteiger partial charge in [-0.3, -0.25) is 4.79 Å². The summed E-state index contributed by atoms with van der Waals surface area (Å²) in [6, 6.07) is 14.8. The Hall–Kier alpha value is -2.49. The highest BCUT2D eigenvalue weighted by molar-refractivity contribution is 5.75. The number of aliphatic carboxylic acids is 1. The summed E-state index contributed by atoms with van der Waals surface area (Å²) >= 11 is 0. The van der Waals surface area contributed by atoms with E-state index in [0.717, 1.165) is 22.7 Å². The van der Waals surface area contributed by atoms with E-state index in [1.807, 2.05) is 42.5 Å². The Morgan fingerprint density at radius 1 is 1.16 bits per heavy atom. The standard InChI is InChI=1S/C15H15NO3/c1-19-13-8-6-12(7-9-13)16-14-5-3-2-4-11(14)10-15(17)18/h2-9,16H,10H2,1H3,(H,17,18). The third-order valence-corrected chi connectivity index (χ3v) is 2.73. The molecule has 4 nitrogen and oxygen atoms in total. The molecule has 0 aliphatic carbocycles. The summed E-state index contributed by atoms with van der Waals surface area (Å²) in [6.07, 6.45) is -0.000667. The van der Waals surface area contributed by atoms with Gasteiger partial charge < -0.3 is 15.2 Å². The van der Waals surface area contributed by atoms with Gasteiger partial charge in [-0.05, 0) is 35.9 Å². The van der Waals surface area contributed by atoms with Gasteiger partial charge in [-0.1, -0.05) is 18.2 Å². The Balaban J connectivity index is 2.19. The zero-order chi connectivity index (χ0) is 13.7. The molecular weight excluding hydrogens is 242 g/mol. The number of anilines is 2. The highest BCUT2D eigenvalue weighted by Crippen LogP contribution is 2.23. The maximum atomic E-state index is 10.8. The molecule has 0 fully saturated rings. The number of hydrogen-bond acceptors (Lipinski definition) is 3. The minimum absolute atomic E-state index is 0.000667. The van der Waals surface area contributed by atoms with Crippen LogP contribution in [0.1, 0.15) is 5.56 Å². The van der Waals surface area contributed by atoms with Crippen LogP contribution in [-0.2, 0) is 11.2 Å². The fourth-order valence-corrected chi connectivity index (χ4v) is 1.79. The van der Waals surface area contributed by atoms with Gasteiger partial charge >= 0.3 is 5.97 Å². The summed E-state index contributed by atoms with van der Waals surface area (Å²) in [4.78, 5) is 10.8. The molecule has 0 spiro atoms. The lowest BCUT2D eigenvalue weighted by molar-refractivity contribution is -0.136. The molecule has 0 heterocycles. The van der Waals surface area contributed by atoms with Gasteiger partial charge in [0.15, 0.2) is 0 Å². The molecule has 0 aromatic heterocycles. The number of ether oxygens (including phenoxy) is 1. The number of nitrogens with one attached hydrogen (secondary N) is 1. The van der Waals surface area contributed by atoms with Crippen LogP contribution in [0.5, 0.6) is 5.75 Å². The van der Waals surface area contributed by atoms with Gasteiger partial charge in [0, 0.05) is 11.4 Å². The summed E-state index contributed by atoms with van der Waals surface area (Å²) in [5.41, 5.74) is 2.44. The molecule has 2 N–H and O–H groups in total. The van der Waals surface area contributed by atoms with E-state index in [2.05, 4.69) is 5.32 Å². The van der Waals surface area contributed by atoms with E-state index < -0.39 is 5.97 Å². The lowest BCUT2D eigenvalue weighted by Gasteiger charge is -2.11. The molecule has 0 aliphatic heterocycles. The number of carbonyl (C=O) groups is 1.